The first-order valence-corrected chi connectivity index (χ1v) is 10.3. The summed E-state index contributed by atoms with van der Waals surface area (Å²) in [5.74, 6) is 0.178. The highest BCUT2D eigenvalue weighted by molar-refractivity contribution is 7.14. The Morgan fingerprint density at radius 2 is 2.07 bits per heavy atom. The number of nitrogens with zero attached hydrogens (tertiary/aromatic N) is 1. The third kappa shape index (κ3) is 3.94. The van der Waals surface area contributed by atoms with Crippen LogP contribution in [0.25, 0.3) is 0 Å². The average molecular weight is 402 g/mol. The molecule has 9 heteroatoms. The molecule has 3 N–H and O–H groups in total. The molecule has 3 amide bonds. The highest BCUT2D eigenvalue weighted by Crippen LogP contribution is 2.29. The van der Waals surface area contributed by atoms with Gasteiger partial charge in [0.15, 0.2) is 10.9 Å². The van der Waals surface area contributed by atoms with Gasteiger partial charge in [-0.2, -0.15) is 0 Å². The summed E-state index contributed by atoms with van der Waals surface area (Å²) >= 11 is 1.22. The standard InChI is InChI=1S/C19H22N4O4S/c1-10(24)21-19-23-15(9-28-19)17(25)22-13-5-11(6-13)7-20-18(26)16-14-4-2-3-12(14)8-27-16/h8-9,11,13H,2-7H2,1H3,(H,20,26)(H,22,25)(H,21,23,24). The Hall–Kier alpha value is -2.68. The van der Waals surface area contributed by atoms with Crippen LogP contribution in [-0.4, -0.2) is 35.3 Å². The summed E-state index contributed by atoms with van der Waals surface area (Å²) < 4.78 is 5.43. The van der Waals surface area contributed by atoms with Gasteiger partial charge in [0, 0.05) is 30.5 Å². The second-order valence-electron chi connectivity index (χ2n) is 7.36. The summed E-state index contributed by atoms with van der Waals surface area (Å²) in [7, 11) is 0. The lowest BCUT2D eigenvalue weighted by Crippen LogP contribution is -2.47. The molecule has 0 aliphatic heterocycles. The smallest absolute Gasteiger partial charge is 0.287 e. The second kappa shape index (κ2) is 7.75. The molecular formula is C19H22N4O4S. The number of carbonyl (C=O) groups is 3. The van der Waals surface area contributed by atoms with Crippen LogP contribution in [0.5, 0.6) is 0 Å². The number of aryl methyl sites for hydroxylation is 1. The van der Waals surface area contributed by atoms with E-state index in [9.17, 15) is 14.4 Å². The highest BCUT2D eigenvalue weighted by atomic mass is 32.1. The first kappa shape index (κ1) is 18.7. The van der Waals surface area contributed by atoms with Crippen LogP contribution in [0.3, 0.4) is 0 Å². The van der Waals surface area contributed by atoms with Crippen molar-refractivity contribution in [1.29, 1.82) is 0 Å². The molecule has 2 aliphatic carbocycles. The van der Waals surface area contributed by atoms with Crippen molar-refractivity contribution in [2.24, 2.45) is 5.92 Å². The first-order valence-electron chi connectivity index (χ1n) is 9.41. The highest BCUT2D eigenvalue weighted by Gasteiger charge is 2.32. The van der Waals surface area contributed by atoms with Crippen LogP contribution in [-0.2, 0) is 17.6 Å². The molecule has 1 fully saturated rings. The van der Waals surface area contributed by atoms with Crippen molar-refractivity contribution in [3.63, 3.8) is 0 Å². The second-order valence-corrected chi connectivity index (χ2v) is 8.22. The van der Waals surface area contributed by atoms with E-state index < -0.39 is 0 Å². The fourth-order valence-electron chi connectivity index (χ4n) is 3.73. The predicted molar refractivity (Wildman–Crippen MR) is 103 cm³/mol. The summed E-state index contributed by atoms with van der Waals surface area (Å²) in [5.41, 5.74) is 2.51. The minimum atomic E-state index is -0.244. The van der Waals surface area contributed by atoms with Crippen molar-refractivity contribution in [1.82, 2.24) is 15.6 Å². The Morgan fingerprint density at radius 1 is 1.25 bits per heavy atom. The van der Waals surface area contributed by atoms with Gasteiger partial charge in [-0.1, -0.05) is 0 Å². The number of hydrogen-bond donors (Lipinski definition) is 3. The van der Waals surface area contributed by atoms with Gasteiger partial charge in [-0.05, 0) is 43.6 Å². The SMILES string of the molecule is CC(=O)Nc1nc(C(=O)NC2CC(CNC(=O)c3occ4c3CCC4)C2)cs1. The zero-order valence-electron chi connectivity index (χ0n) is 15.5. The van der Waals surface area contributed by atoms with Crippen molar-refractivity contribution in [2.45, 2.75) is 45.1 Å². The number of furan rings is 1. The Kier molecular flexibility index (Phi) is 5.17. The van der Waals surface area contributed by atoms with Crippen LogP contribution in [0.15, 0.2) is 16.1 Å². The number of rotatable bonds is 6. The third-order valence-corrected chi connectivity index (χ3v) is 5.96. The van der Waals surface area contributed by atoms with E-state index in [-0.39, 0.29) is 23.8 Å². The molecule has 2 aliphatic rings. The molecule has 0 spiro atoms. The van der Waals surface area contributed by atoms with Gasteiger partial charge in [0.05, 0.1) is 6.26 Å². The van der Waals surface area contributed by atoms with E-state index in [0.717, 1.165) is 43.2 Å². The maximum atomic E-state index is 12.3. The van der Waals surface area contributed by atoms with E-state index in [1.807, 2.05) is 0 Å². The Morgan fingerprint density at radius 3 is 2.86 bits per heavy atom. The van der Waals surface area contributed by atoms with E-state index in [1.54, 1.807) is 11.6 Å². The van der Waals surface area contributed by atoms with Crippen molar-refractivity contribution < 1.29 is 18.8 Å². The fourth-order valence-corrected chi connectivity index (χ4v) is 4.47. The van der Waals surface area contributed by atoms with Crippen LogP contribution in [0, 0.1) is 5.92 Å². The van der Waals surface area contributed by atoms with Crippen LogP contribution < -0.4 is 16.0 Å². The first-order chi connectivity index (χ1) is 13.5. The Bertz CT molecular complexity index is 913. The lowest BCUT2D eigenvalue weighted by atomic mass is 9.80. The third-order valence-electron chi connectivity index (χ3n) is 5.20. The molecule has 28 heavy (non-hydrogen) atoms. The molecule has 2 aromatic rings. The quantitative estimate of drug-likeness (QED) is 0.685. The molecule has 0 bridgehead atoms. The van der Waals surface area contributed by atoms with E-state index in [4.69, 9.17) is 4.42 Å². The number of aromatic nitrogens is 1. The molecule has 4 rings (SSSR count). The van der Waals surface area contributed by atoms with Gasteiger partial charge in [-0.3, -0.25) is 14.4 Å². The minimum absolute atomic E-state index is 0.0770. The van der Waals surface area contributed by atoms with Crippen molar-refractivity contribution in [3.05, 3.63) is 34.2 Å². The number of hydrogen-bond acceptors (Lipinski definition) is 6. The molecule has 2 aromatic heterocycles. The van der Waals surface area contributed by atoms with E-state index in [1.165, 1.54) is 18.3 Å². The lowest BCUT2D eigenvalue weighted by molar-refractivity contribution is -0.114. The van der Waals surface area contributed by atoms with Crippen molar-refractivity contribution in [2.75, 3.05) is 11.9 Å². The number of anilines is 1. The number of thiazole rings is 1. The average Bonchev–Trinajstić information content (AvgIpc) is 3.31. The van der Waals surface area contributed by atoms with Gasteiger partial charge in [-0.15, -0.1) is 11.3 Å². The lowest BCUT2D eigenvalue weighted by Gasteiger charge is -2.35. The molecule has 0 atom stereocenters. The maximum absolute atomic E-state index is 12.3. The fraction of sp³-hybridized carbons (Fsp3) is 0.474. The number of amides is 3. The van der Waals surface area contributed by atoms with Gasteiger partial charge >= 0.3 is 0 Å². The molecular weight excluding hydrogens is 380 g/mol. The Labute approximate surface area is 166 Å². The summed E-state index contributed by atoms with van der Waals surface area (Å²) in [6, 6.07) is 0.0770. The zero-order valence-corrected chi connectivity index (χ0v) is 16.4. The molecule has 148 valence electrons. The van der Waals surface area contributed by atoms with Gasteiger partial charge in [0.25, 0.3) is 11.8 Å². The molecule has 0 aromatic carbocycles. The monoisotopic (exact) mass is 402 g/mol. The van der Waals surface area contributed by atoms with Gasteiger partial charge in [0.2, 0.25) is 5.91 Å². The summed E-state index contributed by atoms with van der Waals surface area (Å²) in [6.45, 7) is 1.97. The molecule has 0 radical (unpaired) electrons. The topological polar surface area (TPSA) is 113 Å². The van der Waals surface area contributed by atoms with Crippen LogP contribution in [0.4, 0.5) is 5.13 Å². The van der Waals surface area contributed by atoms with Crippen molar-refractivity contribution in [3.8, 4) is 0 Å². The number of carbonyl (C=O) groups excluding carboxylic acids is 3. The summed E-state index contributed by atoms with van der Waals surface area (Å²) in [4.78, 5) is 39.7. The van der Waals surface area contributed by atoms with Gasteiger partial charge in [-0.25, -0.2) is 4.98 Å². The zero-order chi connectivity index (χ0) is 19.7. The number of nitrogens with one attached hydrogen (secondary N) is 3. The van der Waals surface area contributed by atoms with Crippen LogP contribution >= 0.6 is 11.3 Å². The van der Waals surface area contributed by atoms with Gasteiger partial charge < -0.3 is 20.4 Å². The summed E-state index contributed by atoms with van der Waals surface area (Å²) in [5, 5.41) is 10.5. The van der Waals surface area contributed by atoms with Crippen LogP contribution in [0.2, 0.25) is 0 Å². The molecule has 0 saturated heterocycles. The van der Waals surface area contributed by atoms with E-state index >= 15 is 0 Å². The maximum Gasteiger partial charge on any atom is 0.287 e. The molecule has 1 saturated carbocycles. The predicted octanol–water partition coefficient (Wildman–Crippen LogP) is 2.12. The molecule has 0 unspecified atom stereocenters. The number of fused-ring (bicyclic) bond motifs is 1. The molecule has 8 nitrogen and oxygen atoms in total. The van der Waals surface area contributed by atoms with E-state index in [2.05, 4.69) is 20.9 Å². The van der Waals surface area contributed by atoms with Gasteiger partial charge in [0.1, 0.15) is 5.69 Å². The summed E-state index contributed by atoms with van der Waals surface area (Å²) in [6.07, 6.45) is 6.29. The van der Waals surface area contributed by atoms with Crippen molar-refractivity contribution >= 4 is 34.2 Å². The normalized spacial score (nSPS) is 20.2. The van der Waals surface area contributed by atoms with Crippen LogP contribution in [0.1, 0.15) is 58.4 Å². The largest absolute Gasteiger partial charge is 0.459 e. The molecule has 2 heterocycles. The minimum Gasteiger partial charge on any atom is -0.459 e. The Balaban J connectivity index is 1.19. The van der Waals surface area contributed by atoms with E-state index in [0.29, 0.717) is 29.0 Å².